The second-order valence-electron chi connectivity index (χ2n) is 5.49. The molecule has 1 aromatic heterocycles. The summed E-state index contributed by atoms with van der Waals surface area (Å²) >= 11 is 0. The lowest BCUT2D eigenvalue weighted by Crippen LogP contribution is -2.31. The van der Waals surface area contributed by atoms with E-state index < -0.39 is 22.7 Å². The summed E-state index contributed by atoms with van der Waals surface area (Å²) in [7, 11) is -3.76. The number of nitrogens with zero attached hydrogens (tertiary/aromatic N) is 3. The van der Waals surface area contributed by atoms with Crippen molar-refractivity contribution in [3.8, 4) is 0 Å². The largest absolute Gasteiger partial charge is 0.408 e. The minimum absolute atomic E-state index is 0. The Labute approximate surface area is 132 Å². The quantitative estimate of drug-likeness (QED) is 0.862. The monoisotopic (exact) mass is 360 g/mol. The Morgan fingerprint density at radius 1 is 1.27 bits per heavy atom. The van der Waals surface area contributed by atoms with Crippen LogP contribution in [0.15, 0.2) is 17.3 Å². The summed E-state index contributed by atoms with van der Waals surface area (Å²) in [6, 6.07) is 0. The summed E-state index contributed by atoms with van der Waals surface area (Å²) < 4.78 is 63.6. The van der Waals surface area contributed by atoms with E-state index in [-0.39, 0.29) is 29.1 Å². The number of hydrogen-bond donors (Lipinski definition) is 1. The number of nitrogens with one attached hydrogen (secondary N) is 1. The zero-order valence-corrected chi connectivity index (χ0v) is 13.1. The SMILES string of the molecule is Cl.O=S(=O)(c1cnn(CC(F)(F)F)c1)N1C[C@H]2CNC[C@H]2C1. The number of rotatable bonds is 3. The molecule has 1 N–H and O–H groups in total. The van der Waals surface area contributed by atoms with Crippen LogP contribution in [0.5, 0.6) is 0 Å². The number of fused-ring (bicyclic) bond motifs is 1. The molecule has 2 aliphatic heterocycles. The Hall–Kier alpha value is -0.840. The van der Waals surface area contributed by atoms with E-state index in [1.807, 2.05) is 0 Å². The van der Waals surface area contributed by atoms with Crippen molar-refractivity contribution in [1.82, 2.24) is 19.4 Å². The maximum Gasteiger partial charge on any atom is 0.408 e. The van der Waals surface area contributed by atoms with Crippen LogP contribution in [0.1, 0.15) is 0 Å². The molecule has 0 spiro atoms. The fourth-order valence-electron chi connectivity index (χ4n) is 2.91. The summed E-state index contributed by atoms with van der Waals surface area (Å²) in [5.41, 5.74) is 0. The average molecular weight is 361 g/mol. The van der Waals surface area contributed by atoms with Gasteiger partial charge in [-0.2, -0.15) is 22.6 Å². The van der Waals surface area contributed by atoms with Gasteiger partial charge in [-0.3, -0.25) is 4.68 Å². The molecule has 2 saturated heterocycles. The molecule has 6 nitrogen and oxygen atoms in total. The Morgan fingerprint density at radius 2 is 1.86 bits per heavy atom. The van der Waals surface area contributed by atoms with Gasteiger partial charge in [0.1, 0.15) is 11.4 Å². The Morgan fingerprint density at radius 3 is 2.41 bits per heavy atom. The van der Waals surface area contributed by atoms with Crippen LogP contribution in [0.3, 0.4) is 0 Å². The highest BCUT2D eigenvalue weighted by Crippen LogP contribution is 2.30. The van der Waals surface area contributed by atoms with E-state index in [0.29, 0.717) is 17.8 Å². The first-order chi connectivity index (χ1) is 9.75. The summed E-state index contributed by atoms with van der Waals surface area (Å²) in [6.45, 7) is 1.08. The summed E-state index contributed by atoms with van der Waals surface area (Å²) in [5, 5.41) is 6.69. The molecule has 0 amide bonds. The molecule has 0 bridgehead atoms. The molecule has 2 atom stereocenters. The van der Waals surface area contributed by atoms with Gasteiger partial charge >= 0.3 is 6.18 Å². The zero-order chi connectivity index (χ0) is 15.3. The van der Waals surface area contributed by atoms with Crippen LogP contribution in [0.2, 0.25) is 0 Å². The maximum atomic E-state index is 12.4. The maximum absolute atomic E-state index is 12.4. The van der Waals surface area contributed by atoms with Crippen molar-refractivity contribution in [2.24, 2.45) is 11.8 Å². The molecule has 1 aromatic rings. The van der Waals surface area contributed by atoms with Gasteiger partial charge < -0.3 is 5.32 Å². The zero-order valence-electron chi connectivity index (χ0n) is 11.5. The van der Waals surface area contributed by atoms with Crippen molar-refractivity contribution in [3.63, 3.8) is 0 Å². The summed E-state index contributed by atoms with van der Waals surface area (Å²) in [4.78, 5) is -0.181. The van der Waals surface area contributed by atoms with E-state index in [4.69, 9.17) is 0 Å². The second kappa shape index (κ2) is 5.99. The van der Waals surface area contributed by atoms with Gasteiger partial charge in [0.15, 0.2) is 0 Å². The van der Waals surface area contributed by atoms with Crippen LogP contribution in [-0.4, -0.2) is 54.9 Å². The molecule has 11 heteroatoms. The van der Waals surface area contributed by atoms with Gasteiger partial charge in [0.25, 0.3) is 0 Å². The van der Waals surface area contributed by atoms with Crippen LogP contribution in [-0.2, 0) is 16.6 Å². The highest BCUT2D eigenvalue weighted by Gasteiger charge is 2.42. The molecule has 0 saturated carbocycles. The van der Waals surface area contributed by atoms with Crippen molar-refractivity contribution >= 4 is 22.4 Å². The third-order valence-corrected chi connectivity index (χ3v) is 5.73. The minimum Gasteiger partial charge on any atom is -0.316 e. The van der Waals surface area contributed by atoms with E-state index >= 15 is 0 Å². The van der Waals surface area contributed by atoms with Crippen molar-refractivity contribution in [2.75, 3.05) is 26.2 Å². The van der Waals surface area contributed by atoms with Crippen molar-refractivity contribution in [1.29, 1.82) is 0 Å². The molecule has 0 aliphatic carbocycles. The molecular formula is C11H16ClF3N4O2S. The standard InChI is InChI=1S/C11H15F3N4O2S.ClH/c12-11(13,14)7-17-6-10(3-16-17)21(19,20)18-4-8-1-15-2-9(8)5-18;/h3,6,8-9,15H,1-2,4-5,7H2;1H/t8-,9+;. The van der Waals surface area contributed by atoms with Gasteiger partial charge in [-0.25, -0.2) is 8.42 Å². The first kappa shape index (κ1) is 17.5. The topological polar surface area (TPSA) is 67.2 Å². The average Bonchev–Trinajstić information content (AvgIpc) is 2.98. The molecule has 3 rings (SSSR count). The first-order valence-corrected chi connectivity index (χ1v) is 8.00. The Bertz CT molecular complexity index is 622. The van der Waals surface area contributed by atoms with Gasteiger partial charge in [0, 0.05) is 19.3 Å². The number of halogens is 4. The van der Waals surface area contributed by atoms with Crippen molar-refractivity contribution in [2.45, 2.75) is 17.6 Å². The smallest absolute Gasteiger partial charge is 0.316 e. The number of hydrogen-bond acceptors (Lipinski definition) is 4. The van der Waals surface area contributed by atoms with E-state index in [0.717, 1.165) is 25.5 Å². The lowest BCUT2D eigenvalue weighted by molar-refractivity contribution is -0.142. The normalized spacial score (nSPS) is 26.0. The van der Waals surface area contributed by atoms with Crippen LogP contribution in [0.25, 0.3) is 0 Å². The lowest BCUT2D eigenvalue weighted by atomic mass is 10.0. The Kier molecular flexibility index (Phi) is 4.77. The van der Waals surface area contributed by atoms with Crippen molar-refractivity contribution in [3.05, 3.63) is 12.4 Å². The molecule has 2 aliphatic rings. The van der Waals surface area contributed by atoms with Crippen LogP contribution in [0, 0.1) is 11.8 Å². The summed E-state index contributed by atoms with van der Waals surface area (Å²) in [5.74, 6) is 0.565. The minimum atomic E-state index is -4.43. The highest BCUT2D eigenvalue weighted by molar-refractivity contribution is 7.89. The Balaban J connectivity index is 0.00000176. The van der Waals surface area contributed by atoms with Gasteiger partial charge in [0.2, 0.25) is 10.0 Å². The highest BCUT2D eigenvalue weighted by atomic mass is 35.5. The van der Waals surface area contributed by atoms with E-state index in [1.54, 1.807) is 0 Å². The fourth-order valence-corrected chi connectivity index (χ4v) is 4.41. The molecule has 0 aromatic carbocycles. The predicted octanol–water partition coefficient (Wildman–Crippen LogP) is 0.707. The van der Waals surface area contributed by atoms with Gasteiger partial charge in [-0.15, -0.1) is 12.4 Å². The van der Waals surface area contributed by atoms with Crippen LogP contribution >= 0.6 is 12.4 Å². The molecule has 2 fully saturated rings. The fraction of sp³-hybridized carbons (Fsp3) is 0.727. The van der Waals surface area contributed by atoms with Gasteiger partial charge in [-0.05, 0) is 24.9 Å². The van der Waals surface area contributed by atoms with Crippen molar-refractivity contribution < 1.29 is 21.6 Å². The van der Waals surface area contributed by atoms with E-state index in [2.05, 4.69) is 10.4 Å². The van der Waals surface area contributed by atoms with Gasteiger partial charge in [-0.1, -0.05) is 0 Å². The number of sulfonamides is 1. The van der Waals surface area contributed by atoms with E-state index in [1.165, 1.54) is 4.31 Å². The third kappa shape index (κ3) is 3.39. The molecule has 0 unspecified atom stereocenters. The van der Waals surface area contributed by atoms with Gasteiger partial charge in [0.05, 0.1) is 6.20 Å². The number of aromatic nitrogens is 2. The molecule has 126 valence electrons. The number of alkyl halides is 3. The van der Waals surface area contributed by atoms with Crippen LogP contribution < -0.4 is 5.32 Å². The molecule has 22 heavy (non-hydrogen) atoms. The van der Waals surface area contributed by atoms with Crippen LogP contribution in [0.4, 0.5) is 13.2 Å². The molecular weight excluding hydrogens is 345 g/mol. The molecule has 3 heterocycles. The third-order valence-electron chi connectivity index (χ3n) is 3.94. The summed E-state index contributed by atoms with van der Waals surface area (Å²) in [6.07, 6.45) is -2.51. The van der Waals surface area contributed by atoms with E-state index in [9.17, 15) is 21.6 Å². The lowest BCUT2D eigenvalue weighted by Gasteiger charge is -2.16. The molecule has 0 radical (unpaired) electrons. The first-order valence-electron chi connectivity index (χ1n) is 6.56. The second-order valence-corrected chi connectivity index (χ2v) is 7.43. The predicted molar refractivity (Wildman–Crippen MR) is 74.1 cm³/mol.